The van der Waals surface area contributed by atoms with E-state index in [0.717, 1.165) is 57.8 Å². The van der Waals surface area contributed by atoms with Crippen molar-refractivity contribution in [3.63, 3.8) is 0 Å². The first-order chi connectivity index (χ1) is 22.9. The topological polar surface area (TPSA) is 138 Å². The van der Waals surface area contributed by atoms with E-state index < -0.39 is 6.29 Å². The number of aliphatic hydroxyl groups excluding tert-OH is 1. The molecule has 1 saturated heterocycles. The molecule has 4 atom stereocenters. The number of aromatic nitrogens is 3. The maximum absolute atomic E-state index is 12.4. The van der Waals surface area contributed by atoms with Gasteiger partial charge in [-0.2, -0.15) is 5.10 Å². The Morgan fingerprint density at radius 3 is 2.43 bits per heavy atom. The molecule has 3 aromatic carbocycles. The molecule has 2 amide bonds. The largest absolute Gasteiger partial charge is 0.392 e. The number of benzene rings is 3. The third-order valence-corrected chi connectivity index (χ3v) is 9.25. The van der Waals surface area contributed by atoms with Gasteiger partial charge in [0.25, 0.3) is 0 Å². The number of aromatic amines is 1. The summed E-state index contributed by atoms with van der Waals surface area (Å²) in [6, 6.07) is 24.3. The van der Waals surface area contributed by atoms with Crippen LogP contribution in [0.1, 0.15) is 74.2 Å². The van der Waals surface area contributed by atoms with E-state index in [4.69, 9.17) is 9.47 Å². The van der Waals surface area contributed by atoms with Gasteiger partial charge in [0, 0.05) is 43.7 Å². The first-order valence-electron chi connectivity index (χ1n) is 16.1. The number of hydrogen-bond donors (Lipinski definition) is 4. The maximum atomic E-state index is 12.4. The highest BCUT2D eigenvalue weighted by Crippen LogP contribution is 2.43. The summed E-state index contributed by atoms with van der Waals surface area (Å²) in [4.78, 5) is 27.6. The van der Waals surface area contributed by atoms with Crippen molar-refractivity contribution in [1.82, 2.24) is 25.8 Å². The first-order valence-corrected chi connectivity index (χ1v) is 17.1. The Balaban J connectivity index is 1.21. The van der Waals surface area contributed by atoms with E-state index in [1.165, 1.54) is 13.3 Å². The van der Waals surface area contributed by atoms with Crippen LogP contribution >= 0.6 is 11.8 Å². The number of carbonyl (C=O) groups excluding carboxylic acids is 2. The number of nitrogens with one attached hydrogen (secondary N) is 3. The Morgan fingerprint density at radius 1 is 0.915 bits per heavy atom. The SMILES string of the molecule is CC(=O)NCCCCCC(=O)NCc1cccc(-c2ccc([C@H]3O[C@@H](CSc4ncn[nH]4)[C@@H](C)[C@@H](c4ccc(CO)cc4)O3)cc2)c1. The smallest absolute Gasteiger partial charge is 0.220 e. The van der Waals surface area contributed by atoms with E-state index in [9.17, 15) is 14.7 Å². The Labute approximate surface area is 280 Å². The molecule has 1 aliphatic rings. The zero-order valence-electron chi connectivity index (χ0n) is 26.9. The average molecular weight is 658 g/mol. The molecule has 248 valence electrons. The van der Waals surface area contributed by atoms with Gasteiger partial charge in [-0.25, -0.2) is 4.98 Å². The fourth-order valence-electron chi connectivity index (χ4n) is 5.57. The van der Waals surface area contributed by atoms with Crippen LogP contribution in [0, 0.1) is 5.92 Å². The fraction of sp³-hybridized carbons (Fsp3) is 0.389. The van der Waals surface area contributed by atoms with Crippen LogP contribution in [0.15, 0.2) is 84.3 Å². The molecule has 10 nitrogen and oxygen atoms in total. The standard InChI is InChI=1S/C36H43N5O5S/c1-24-32(22-47-36-39-23-40-41-36)45-35(46-34(24)29-12-10-26(21-42)11-13-29)30-16-14-28(15-17-30)31-8-6-7-27(19-31)20-38-33(44)9-4-3-5-18-37-25(2)43/h6-8,10-17,19,23-24,32,34-35,42H,3-5,9,18,20-22H2,1-2H3,(H,37,43)(H,38,44)(H,39,40,41)/t24-,32+,34+,35+/m1/s1. The Kier molecular flexibility index (Phi) is 12.6. The summed E-state index contributed by atoms with van der Waals surface area (Å²) in [6.07, 6.45) is 3.67. The summed E-state index contributed by atoms with van der Waals surface area (Å²) in [7, 11) is 0. The van der Waals surface area contributed by atoms with Crippen LogP contribution in [-0.4, -0.2) is 50.5 Å². The molecule has 11 heteroatoms. The molecule has 4 N–H and O–H groups in total. The van der Waals surface area contributed by atoms with Gasteiger partial charge < -0.3 is 25.2 Å². The average Bonchev–Trinajstić information content (AvgIpc) is 3.62. The molecule has 0 unspecified atom stereocenters. The lowest BCUT2D eigenvalue weighted by molar-refractivity contribution is -0.268. The Morgan fingerprint density at radius 2 is 1.70 bits per heavy atom. The normalized spacial score (nSPS) is 19.3. The van der Waals surface area contributed by atoms with Gasteiger partial charge in [-0.1, -0.05) is 91.8 Å². The molecular formula is C36H43N5O5S. The van der Waals surface area contributed by atoms with Crippen LogP contribution in [0.4, 0.5) is 0 Å². The van der Waals surface area contributed by atoms with Gasteiger partial charge in [-0.3, -0.25) is 14.7 Å². The summed E-state index contributed by atoms with van der Waals surface area (Å²) in [6.45, 7) is 4.76. The van der Waals surface area contributed by atoms with Crippen molar-refractivity contribution >= 4 is 23.6 Å². The summed E-state index contributed by atoms with van der Waals surface area (Å²) in [5.41, 5.74) is 5.96. The fourth-order valence-corrected chi connectivity index (χ4v) is 6.51. The number of amides is 2. The molecule has 4 aromatic rings. The van der Waals surface area contributed by atoms with Gasteiger partial charge >= 0.3 is 0 Å². The van der Waals surface area contributed by atoms with Crippen LogP contribution in [0.25, 0.3) is 11.1 Å². The number of aliphatic hydroxyl groups is 1. The highest BCUT2D eigenvalue weighted by molar-refractivity contribution is 7.99. The minimum atomic E-state index is -0.560. The highest BCUT2D eigenvalue weighted by atomic mass is 32.2. The van der Waals surface area contributed by atoms with Crippen molar-refractivity contribution in [3.05, 3.63) is 101 Å². The van der Waals surface area contributed by atoms with E-state index in [2.05, 4.69) is 57.0 Å². The second-order valence-corrected chi connectivity index (χ2v) is 12.8. The number of nitrogens with zero attached hydrogens (tertiary/aromatic N) is 2. The first kappa shape index (κ1) is 34.3. The lowest BCUT2D eigenvalue weighted by Gasteiger charge is -2.41. The van der Waals surface area contributed by atoms with E-state index in [1.807, 2.05) is 48.5 Å². The number of unbranched alkanes of at least 4 members (excludes halogenated alkanes) is 2. The van der Waals surface area contributed by atoms with Crippen LogP contribution in [0.2, 0.25) is 0 Å². The number of rotatable bonds is 15. The monoisotopic (exact) mass is 657 g/mol. The maximum Gasteiger partial charge on any atom is 0.220 e. The molecule has 47 heavy (non-hydrogen) atoms. The Hall–Kier alpha value is -4.03. The second kappa shape index (κ2) is 17.2. The number of carbonyl (C=O) groups is 2. The molecule has 0 saturated carbocycles. The summed E-state index contributed by atoms with van der Waals surface area (Å²) < 4.78 is 13.2. The molecule has 1 aromatic heterocycles. The predicted octanol–water partition coefficient (Wildman–Crippen LogP) is 5.86. The van der Waals surface area contributed by atoms with Gasteiger partial charge in [-0.05, 0) is 46.7 Å². The van der Waals surface area contributed by atoms with Crippen LogP contribution in [0.5, 0.6) is 0 Å². The lowest BCUT2D eigenvalue weighted by atomic mass is 9.91. The zero-order chi connectivity index (χ0) is 33.0. The molecule has 0 bridgehead atoms. The molecule has 2 heterocycles. The minimum absolute atomic E-state index is 0.00350. The van der Waals surface area contributed by atoms with E-state index in [0.29, 0.717) is 25.3 Å². The van der Waals surface area contributed by atoms with Crippen molar-refractivity contribution in [1.29, 1.82) is 0 Å². The van der Waals surface area contributed by atoms with Gasteiger partial charge in [0.2, 0.25) is 11.8 Å². The Bertz CT molecular complexity index is 1570. The van der Waals surface area contributed by atoms with Crippen molar-refractivity contribution in [2.45, 2.75) is 76.3 Å². The molecule has 0 spiro atoms. The van der Waals surface area contributed by atoms with Crippen molar-refractivity contribution in [2.24, 2.45) is 5.92 Å². The van der Waals surface area contributed by atoms with E-state index >= 15 is 0 Å². The van der Waals surface area contributed by atoms with Crippen molar-refractivity contribution in [2.75, 3.05) is 12.3 Å². The van der Waals surface area contributed by atoms with Crippen molar-refractivity contribution in [3.8, 4) is 11.1 Å². The third kappa shape index (κ3) is 9.98. The molecule has 0 radical (unpaired) electrons. The molecule has 0 aliphatic carbocycles. The van der Waals surface area contributed by atoms with Crippen LogP contribution < -0.4 is 10.6 Å². The van der Waals surface area contributed by atoms with Crippen LogP contribution in [0.3, 0.4) is 0 Å². The lowest BCUT2D eigenvalue weighted by Crippen LogP contribution is -2.38. The van der Waals surface area contributed by atoms with E-state index in [-0.39, 0.29) is 36.5 Å². The number of ether oxygens (including phenoxy) is 2. The van der Waals surface area contributed by atoms with Crippen molar-refractivity contribution < 1.29 is 24.2 Å². The quantitative estimate of drug-likeness (QED) is 0.0922. The molecule has 1 fully saturated rings. The van der Waals surface area contributed by atoms with Gasteiger partial charge in [0.05, 0.1) is 18.8 Å². The summed E-state index contributed by atoms with van der Waals surface area (Å²) in [5.74, 6) is 0.754. The zero-order valence-corrected chi connectivity index (χ0v) is 27.7. The van der Waals surface area contributed by atoms with Crippen LogP contribution in [-0.2, 0) is 32.2 Å². The number of hydrogen-bond acceptors (Lipinski definition) is 8. The molecule has 5 rings (SSSR count). The molecular weight excluding hydrogens is 614 g/mol. The predicted molar refractivity (Wildman–Crippen MR) is 181 cm³/mol. The second-order valence-electron chi connectivity index (χ2n) is 11.8. The summed E-state index contributed by atoms with van der Waals surface area (Å²) >= 11 is 1.57. The molecule has 1 aliphatic heterocycles. The highest BCUT2D eigenvalue weighted by Gasteiger charge is 2.38. The minimum Gasteiger partial charge on any atom is -0.392 e. The van der Waals surface area contributed by atoms with E-state index in [1.54, 1.807) is 11.8 Å². The van der Waals surface area contributed by atoms with Gasteiger partial charge in [-0.15, -0.1) is 0 Å². The van der Waals surface area contributed by atoms with Gasteiger partial charge in [0.1, 0.15) is 6.33 Å². The van der Waals surface area contributed by atoms with Gasteiger partial charge in [0.15, 0.2) is 11.4 Å². The number of H-pyrrole nitrogens is 1. The number of thioether (sulfide) groups is 1. The third-order valence-electron chi connectivity index (χ3n) is 8.29. The summed E-state index contributed by atoms with van der Waals surface area (Å²) in [5, 5.41) is 22.9.